The molecular weight excluding hydrogens is 80.0 g/mol. The molecule has 0 aromatic heterocycles. The quantitative estimate of drug-likeness (QED) is 0.413. The lowest BCUT2D eigenvalue weighted by atomic mass is 11.1. The molecule has 0 aromatic rings. The minimum Gasteiger partial charge on any atom is -0.460 e. The number of hydrogen-bond acceptors (Lipinski definition) is 2. The van der Waals surface area contributed by atoms with E-state index in [0.717, 1.165) is 0 Å². The first kappa shape index (κ1) is 4.72. The summed E-state index contributed by atoms with van der Waals surface area (Å²) in [6, 6.07) is 0. The first-order valence-electron chi connectivity index (χ1n) is 1.17. The molecule has 0 spiro atoms. The molecule has 0 amide bonds. The maximum atomic E-state index is 7.62. The Balaban J connectivity index is 3.07. The molecule has 0 heterocycles. The second kappa shape index (κ2) is 3.72. The molecule has 0 aliphatic rings. The summed E-state index contributed by atoms with van der Waals surface area (Å²) in [5.74, 6) is 0. The molecule has 1 N–H and O–H groups in total. The Morgan fingerprint density at radius 2 is 2.33 bits per heavy atom. The monoisotopic (exact) mass is 82.0 g/mol. The number of ether oxygens (including phenoxy) is 1. The van der Waals surface area contributed by atoms with E-state index in [2.05, 4.69) is 11.2 Å². The number of hydrogen-bond donors (Lipinski definition) is 1. The van der Waals surface area contributed by atoms with Gasteiger partial charge in [-0.2, -0.15) is 0 Å². The van der Waals surface area contributed by atoms with Gasteiger partial charge in [0.25, 0.3) is 0 Å². The minimum atomic E-state index is 1.45. The van der Waals surface area contributed by atoms with Gasteiger partial charge in [-0.1, -0.05) is 6.42 Å². The third-order valence-corrected chi connectivity index (χ3v) is 0.156. The first-order chi connectivity index (χ1) is 2.91. The highest BCUT2D eigenvalue weighted by atomic mass is 16.5. The molecule has 0 aromatic carbocycles. The van der Waals surface area contributed by atoms with Gasteiger partial charge < -0.3 is 9.84 Å². The van der Waals surface area contributed by atoms with E-state index in [0.29, 0.717) is 0 Å². The summed E-state index contributed by atoms with van der Waals surface area (Å²) >= 11 is 0. The Morgan fingerprint density at radius 3 is 2.50 bits per heavy atom. The fourth-order valence-electron chi connectivity index (χ4n) is 0.0523. The number of aliphatic hydroxyl groups excluding tert-OH is 1. The summed E-state index contributed by atoms with van der Waals surface area (Å²) in [5.41, 5.74) is 0. The number of rotatable bonds is 0. The Kier molecular flexibility index (Phi) is 2.93. The van der Waals surface area contributed by atoms with Gasteiger partial charge in [-0.25, -0.2) is 0 Å². The molecule has 0 radical (unpaired) electrons. The molecule has 0 saturated carbocycles. The highest BCUT2D eigenvalue weighted by molar-refractivity contribution is 4.84. The average Bonchev–Trinajstić information content (AvgIpc) is 1.61. The molecule has 0 atom stereocenters. The van der Waals surface area contributed by atoms with Crippen LogP contribution in [0, 0.1) is 24.7 Å². The van der Waals surface area contributed by atoms with Crippen LogP contribution in [-0.2, 0) is 4.74 Å². The highest BCUT2D eigenvalue weighted by Gasteiger charge is 1.53. The minimum absolute atomic E-state index is 1.45. The maximum absolute atomic E-state index is 7.62. The summed E-state index contributed by atoms with van der Waals surface area (Å²) < 4.78 is 3.90. The summed E-state index contributed by atoms with van der Waals surface area (Å²) in [4.78, 5) is 0. The van der Waals surface area contributed by atoms with E-state index in [4.69, 9.17) is 5.11 Å². The summed E-state index contributed by atoms with van der Waals surface area (Å²) in [7, 11) is 0. The third kappa shape index (κ3) is 2.72. The van der Waals surface area contributed by atoms with Gasteiger partial charge in [0, 0.05) is 0 Å². The molecule has 6 heavy (non-hydrogen) atoms. The molecule has 0 saturated heterocycles. The van der Waals surface area contributed by atoms with Crippen LogP contribution in [0.4, 0.5) is 0 Å². The van der Waals surface area contributed by atoms with Gasteiger partial charge in [-0.3, -0.25) is 0 Å². The molecule has 0 bridgehead atoms. The van der Waals surface area contributed by atoms with Crippen LogP contribution in [-0.4, -0.2) is 5.11 Å². The second-order valence-electron chi connectivity index (χ2n) is 0.434. The normalized spacial score (nSPS) is 3.83. The fraction of sp³-hybridized carbons (Fsp3) is 0. The van der Waals surface area contributed by atoms with Crippen LogP contribution in [0.15, 0.2) is 0 Å². The molecule has 0 unspecified atom stereocenters. The Bertz CT molecular complexity index is 110. The Labute approximate surface area is 35.7 Å². The highest BCUT2D eigenvalue weighted by Crippen LogP contribution is 1.53. The van der Waals surface area contributed by atoms with Crippen molar-refractivity contribution >= 4 is 0 Å². The summed E-state index contributed by atoms with van der Waals surface area (Å²) in [6.45, 7) is 0. The van der Waals surface area contributed by atoms with Crippen molar-refractivity contribution in [1.29, 1.82) is 0 Å². The van der Waals surface area contributed by atoms with E-state index in [1.165, 1.54) is 6.11 Å². The van der Waals surface area contributed by atoms with Gasteiger partial charge in [-0.05, 0) is 0 Å². The van der Waals surface area contributed by atoms with E-state index in [9.17, 15) is 0 Å². The first-order valence-corrected chi connectivity index (χ1v) is 1.17. The number of aliphatic hydroxyl groups is 1. The Morgan fingerprint density at radius 1 is 1.67 bits per heavy atom. The summed E-state index contributed by atoms with van der Waals surface area (Å²) in [6.07, 6.45) is 9.48. The van der Waals surface area contributed by atoms with Crippen molar-refractivity contribution in [2.45, 2.75) is 0 Å². The number of terminal acetylenes is 1. The van der Waals surface area contributed by atoms with Crippen molar-refractivity contribution in [3.63, 3.8) is 0 Å². The van der Waals surface area contributed by atoms with Crippen molar-refractivity contribution < 1.29 is 9.84 Å². The van der Waals surface area contributed by atoms with Crippen LogP contribution in [0.25, 0.3) is 0 Å². The van der Waals surface area contributed by atoms with E-state index < -0.39 is 0 Å². The van der Waals surface area contributed by atoms with E-state index in [-0.39, 0.29) is 0 Å². The molecule has 0 aliphatic carbocycles. The SMILES string of the molecule is C#COC#CO. The average molecular weight is 82.1 g/mol. The van der Waals surface area contributed by atoms with Crippen LogP contribution < -0.4 is 0 Å². The fourth-order valence-corrected chi connectivity index (χ4v) is 0.0523. The zero-order valence-electron chi connectivity index (χ0n) is 2.93. The van der Waals surface area contributed by atoms with Crippen LogP contribution in [0.2, 0.25) is 0 Å². The van der Waals surface area contributed by atoms with Gasteiger partial charge in [-0.15, -0.1) is 0 Å². The smallest absolute Gasteiger partial charge is 0.173 e. The zero-order chi connectivity index (χ0) is 4.83. The van der Waals surface area contributed by atoms with Crippen molar-refractivity contribution in [1.82, 2.24) is 0 Å². The van der Waals surface area contributed by atoms with Crippen LogP contribution in [0.1, 0.15) is 0 Å². The topological polar surface area (TPSA) is 29.5 Å². The molecule has 0 aliphatic heterocycles. The largest absolute Gasteiger partial charge is 0.460 e. The van der Waals surface area contributed by atoms with Crippen LogP contribution in [0.5, 0.6) is 0 Å². The molecule has 2 nitrogen and oxygen atoms in total. The van der Waals surface area contributed by atoms with Crippen molar-refractivity contribution in [3.05, 3.63) is 0 Å². The standard InChI is InChI=1S/C4H2O2/c1-2-6-4-3-5/h1,5H. The molecule has 0 rings (SSSR count). The lowest BCUT2D eigenvalue weighted by molar-refractivity contribution is 0.451. The van der Waals surface area contributed by atoms with E-state index in [1.54, 1.807) is 12.2 Å². The van der Waals surface area contributed by atoms with Gasteiger partial charge >= 0.3 is 0 Å². The van der Waals surface area contributed by atoms with E-state index >= 15 is 0 Å². The molecule has 30 valence electrons. The van der Waals surface area contributed by atoms with Crippen molar-refractivity contribution in [3.8, 4) is 24.7 Å². The zero-order valence-corrected chi connectivity index (χ0v) is 2.93. The second-order valence-corrected chi connectivity index (χ2v) is 0.434. The lowest BCUT2D eigenvalue weighted by Crippen LogP contribution is -1.61. The summed E-state index contributed by atoms with van der Waals surface area (Å²) in [5, 5.41) is 7.62. The van der Waals surface area contributed by atoms with Gasteiger partial charge in [0.15, 0.2) is 12.2 Å². The predicted octanol–water partition coefficient (Wildman–Crippen LogP) is -0.115. The van der Waals surface area contributed by atoms with Gasteiger partial charge in [0.1, 0.15) is 6.11 Å². The molecule has 2 heteroatoms. The lowest BCUT2D eigenvalue weighted by Gasteiger charge is -1.66. The predicted molar refractivity (Wildman–Crippen MR) is 19.6 cm³/mol. The maximum Gasteiger partial charge on any atom is 0.173 e. The van der Waals surface area contributed by atoms with Crippen LogP contribution >= 0.6 is 0 Å². The van der Waals surface area contributed by atoms with Crippen molar-refractivity contribution in [2.75, 3.05) is 0 Å². The van der Waals surface area contributed by atoms with E-state index in [1.807, 2.05) is 0 Å². The Hall–Kier alpha value is -1.28. The van der Waals surface area contributed by atoms with Gasteiger partial charge in [0.05, 0.1) is 0 Å². The van der Waals surface area contributed by atoms with Gasteiger partial charge in [0.2, 0.25) is 0 Å². The third-order valence-electron chi connectivity index (χ3n) is 0.156. The van der Waals surface area contributed by atoms with Crippen molar-refractivity contribution in [2.24, 2.45) is 0 Å². The van der Waals surface area contributed by atoms with Crippen LogP contribution in [0.3, 0.4) is 0 Å². The molecular formula is C4H2O2. The molecule has 0 fully saturated rings.